The van der Waals surface area contributed by atoms with Crippen molar-refractivity contribution in [3.05, 3.63) is 47.7 Å². The van der Waals surface area contributed by atoms with Gasteiger partial charge in [-0.2, -0.15) is 0 Å². The summed E-state index contributed by atoms with van der Waals surface area (Å²) in [4.78, 5) is 4.16. The van der Waals surface area contributed by atoms with Crippen molar-refractivity contribution in [2.24, 2.45) is 5.92 Å². The first-order valence-electron chi connectivity index (χ1n) is 6.37. The Hall–Kier alpha value is -1.83. The Kier molecular flexibility index (Phi) is 3.66. The quantitative estimate of drug-likeness (QED) is 0.885. The molecule has 1 aromatic carbocycles. The molecule has 0 spiro atoms. The minimum absolute atomic E-state index is 0.577. The van der Waals surface area contributed by atoms with Gasteiger partial charge in [0.2, 0.25) is 0 Å². The van der Waals surface area contributed by atoms with Crippen LogP contribution in [-0.2, 0) is 6.42 Å². The summed E-state index contributed by atoms with van der Waals surface area (Å²) >= 11 is 0. The number of nitrogens with zero attached hydrogens (tertiary/aromatic N) is 1. The number of hydrogen-bond donors (Lipinski definition) is 1. The van der Waals surface area contributed by atoms with Gasteiger partial charge in [0.15, 0.2) is 0 Å². The van der Waals surface area contributed by atoms with Gasteiger partial charge in [-0.1, -0.05) is 38.1 Å². The smallest absolute Gasteiger partial charge is 0.123 e. The van der Waals surface area contributed by atoms with Gasteiger partial charge in [-0.15, -0.1) is 0 Å². The van der Waals surface area contributed by atoms with E-state index in [1.807, 2.05) is 12.3 Å². The van der Waals surface area contributed by atoms with Crippen molar-refractivity contribution in [2.75, 3.05) is 5.73 Å². The molecule has 1 aromatic heterocycles. The molecule has 0 radical (unpaired) electrons. The van der Waals surface area contributed by atoms with Crippen molar-refractivity contribution in [1.29, 1.82) is 0 Å². The Balaban J connectivity index is 2.28. The topological polar surface area (TPSA) is 38.9 Å². The normalized spacial score (nSPS) is 10.9. The third kappa shape index (κ3) is 2.89. The maximum atomic E-state index is 5.67. The minimum Gasteiger partial charge on any atom is -0.384 e. The molecule has 0 unspecified atom stereocenters. The molecule has 0 fully saturated rings. The van der Waals surface area contributed by atoms with Crippen LogP contribution in [0.3, 0.4) is 0 Å². The number of rotatable bonds is 3. The summed E-state index contributed by atoms with van der Waals surface area (Å²) in [6.45, 7) is 6.54. The molecule has 0 amide bonds. The zero-order chi connectivity index (χ0) is 13.1. The summed E-state index contributed by atoms with van der Waals surface area (Å²) in [5.41, 5.74) is 10.6. The van der Waals surface area contributed by atoms with Crippen LogP contribution in [0.25, 0.3) is 11.1 Å². The molecule has 0 aliphatic rings. The lowest BCUT2D eigenvalue weighted by atomic mass is 9.98. The highest BCUT2D eigenvalue weighted by Crippen LogP contribution is 2.24. The minimum atomic E-state index is 0.577. The molecule has 18 heavy (non-hydrogen) atoms. The molecule has 0 aliphatic carbocycles. The molecule has 0 aliphatic heterocycles. The zero-order valence-corrected chi connectivity index (χ0v) is 11.3. The molecule has 0 bridgehead atoms. The van der Waals surface area contributed by atoms with Crippen LogP contribution in [0.2, 0.25) is 0 Å². The predicted octanol–water partition coefficient (Wildman–Crippen LogP) is 3.84. The van der Waals surface area contributed by atoms with Crippen molar-refractivity contribution in [2.45, 2.75) is 27.2 Å². The van der Waals surface area contributed by atoms with Crippen molar-refractivity contribution in [1.82, 2.24) is 4.98 Å². The number of benzene rings is 1. The van der Waals surface area contributed by atoms with Gasteiger partial charge in [0.05, 0.1) is 0 Å². The lowest BCUT2D eigenvalue weighted by Crippen LogP contribution is -1.95. The summed E-state index contributed by atoms with van der Waals surface area (Å²) in [5.74, 6) is 1.27. The first-order chi connectivity index (χ1) is 8.56. The number of nitrogen functional groups attached to an aromatic ring is 1. The highest BCUT2D eigenvalue weighted by Gasteiger charge is 2.04. The molecule has 2 rings (SSSR count). The lowest BCUT2D eigenvalue weighted by Gasteiger charge is -2.09. The maximum absolute atomic E-state index is 5.67. The van der Waals surface area contributed by atoms with Crippen LogP contribution in [0.15, 0.2) is 36.5 Å². The molecular weight excluding hydrogens is 220 g/mol. The highest BCUT2D eigenvalue weighted by molar-refractivity contribution is 5.67. The van der Waals surface area contributed by atoms with Gasteiger partial charge in [-0.3, -0.25) is 0 Å². The van der Waals surface area contributed by atoms with Crippen molar-refractivity contribution >= 4 is 5.82 Å². The molecule has 2 N–H and O–H groups in total. The Morgan fingerprint density at radius 2 is 1.83 bits per heavy atom. The van der Waals surface area contributed by atoms with Gasteiger partial charge >= 0.3 is 0 Å². The second kappa shape index (κ2) is 5.21. The summed E-state index contributed by atoms with van der Waals surface area (Å²) in [6, 6.07) is 10.6. The maximum Gasteiger partial charge on any atom is 0.123 e. The van der Waals surface area contributed by atoms with Crippen LogP contribution in [0.5, 0.6) is 0 Å². The Morgan fingerprint density at radius 3 is 2.39 bits per heavy atom. The van der Waals surface area contributed by atoms with Crippen LogP contribution in [-0.4, -0.2) is 4.98 Å². The first-order valence-corrected chi connectivity index (χ1v) is 6.37. The Bertz CT molecular complexity index is 527. The summed E-state index contributed by atoms with van der Waals surface area (Å²) in [6.07, 6.45) is 2.97. The average molecular weight is 240 g/mol. The van der Waals surface area contributed by atoms with E-state index in [9.17, 15) is 0 Å². The summed E-state index contributed by atoms with van der Waals surface area (Å²) < 4.78 is 0. The fourth-order valence-electron chi connectivity index (χ4n) is 2.17. The SMILES string of the molecule is Cc1cc(N)ncc1-c1ccc(CC(C)C)cc1. The fourth-order valence-corrected chi connectivity index (χ4v) is 2.17. The van der Waals surface area contributed by atoms with Gasteiger partial charge in [0, 0.05) is 11.8 Å². The molecule has 2 nitrogen and oxygen atoms in total. The van der Waals surface area contributed by atoms with Gasteiger partial charge in [-0.25, -0.2) is 4.98 Å². The third-order valence-electron chi connectivity index (χ3n) is 3.04. The lowest BCUT2D eigenvalue weighted by molar-refractivity contribution is 0.647. The van der Waals surface area contributed by atoms with E-state index in [4.69, 9.17) is 5.73 Å². The van der Waals surface area contributed by atoms with Crippen LogP contribution in [0, 0.1) is 12.8 Å². The monoisotopic (exact) mass is 240 g/mol. The molecule has 94 valence electrons. The second-order valence-corrected chi connectivity index (χ2v) is 5.22. The zero-order valence-electron chi connectivity index (χ0n) is 11.3. The van der Waals surface area contributed by atoms with Crippen molar-refractivity contribution in [3.63, 3.8) is 0 Å². The van der Waals surface area contributed by atoms with Gasteiger partial charge in [0.1, 0.15) is 5.82 Å². The fraction of sp³-hybridized carbons (Fsp3) is 0.312. The van der Waals surface area contributed by atoms with Crippen molar-refractivity contribution < 1.29 is 0 Å². The summed E-state index contributed by atoms with van der Waals surface area (Å²) in [5, 5.41) is 0. The number of nitrogens with two attached hydrogens (primary N) is 1. The van der Waals surface area contributed by atoms with Crippen LogP contribution < -0.4 is 5.73 Å². The molecular formula is C16H20N2. The Morgan fingerprint density at radius 1 is 1.17 bits per heavy atom. The Labute approximate surface area is 109 Å². The van der Waals surface area contributed by atoms with E-state index in [1.54, 1.807) is 0 Å². The van der Waals surface area contributed by atoms with Crippen LogP contribution in [0.1, 0.15) is 25.0 Å². The van der Waals surface area contributed by atoms with E-state index in [1.165, 1.54) is 16.7 Å². The van der Waals surface area contributed by atoms with Gasteiger partial charge < -0.3 is 5.73 Å². The van der Waals surface area contributed by atoms with E-state index in [0.717, 1.165) is 12.0 Å². The van der Waals surface area contributed by atoms with Crippen molar-refractivity contribution in [3.8, 4) is 11.1 Å². The molecule has 2 aromatic rings. The number of aromatic nitrogens is 1. The second-order valence-electron chi connectivity index (χ2n) is 5.22. The van der Waals surface area contributed by atoms with Gasteiger partial charge in [0.25, 0.3) is 0 Å². The van der Waals surface area contributed by atoms with E-state index in [2.05, 4.69) is 50.0 Å². The number of hydrogen-bond acceptors (Lipinski definition) is 2. The van der Waals surface area contributed by atoms with E-state index < -0.39 is 0 Å². The van der Waals surface area contributed by atoms with Gasteiger partial charge in [-0.05, 0) is 42.0 Å². The summed E-state index contributed by atoms with van der Waals surface area (Å²) in [7, 11) is 0. The predicted molar refractivity (Wildman–Crippen MR) is 77.4 cm³/mol. The first kappa shape index (κ1) is 12.6. The highest BCUT2D eigenvalue weighted by atomic mass is 14.8. The number of pyridine rings is 1. The third-order valence-corrected chi connectivity index (χ3v) is 3.04. The largest absolute Gasteiger partial charge is 0.384 e. The van der Waals surface area contributed by atoms with E-state index >= 15 is 0 Å². The van der Waals surface area contributed by atoms with E-state index in [-0.39, 0.29) is 0 Å². The van der Waals surface area contributed by atoms with Crippen LogP contribution in [0.4, 0.5) is 5.82 Å². The molecule has 0 saturated heterocycles. The standard InChI is InChI=1S/C16H20N2/c1-11(2)8-13-4-6-14(7-5-13)15-10-18-16(17)9-12(15)3/h4-7,9-11H,8H2,1-3H3,(H2,17,18). The average Bonchev–Trinajstić information content (AvgIpc) is 2.30. The molecule has 0 saturated carbocycles. The molecule has 0 atom stereocenters. The number of aryl methyl sites for hydroxylation is 1. The molecule has 1 heterocycles. The number of anilines is 1. The molecule has 2 heteroatoms. The van der Waals surface area contributed by atoms with Crippen LogP contribution >= 0.6 is 0 Å². The van der Waals surface area contributed by atoms with E-state index in [0.29, 0.717) is 11.7 Å².